The van der Waals surface area contributed by atoms with E-state index in [4.69, 9.17) is 16.7 Å². The van der Waals surface area contributed by atoms with Crippen molar-refractivity contribution in [3.05, 3.63) is 64.4 Å². The number of halogens is 2. The van der Waals surface area contributed by atoms with E-state index in [1.807, 2.05) is 24.1 Å². The first-order chi connectivity index (χ1) is 9.47. The zero-order valence-electron chi connectivity index (χ0n) is 10.8. The van der Waals surface area contributed by atoms with Crippen LogP contribution in [0.1, 0.15) is 15.9 Å². The first kappa shape index (κ1) is 14.3. The Bertz CT molecular complexity index is 628. The second-order valence-electron chi connectivity index (χ2n) is 4.45. The van der Waals surface area contributed by atoms with Gasteiger partial charge in [-0.15, -0.1) is 0 Å². The van der Waals surface area contributed by atoms with Gasteiger partial charge in [0.2, 0.25) is 0 Å². The van der Waals surface area contributed by atoms with Crippen molar-refractivity contribution < 1.29 is 14.3 Å². The molecule has 0 aromatic heterocycles. The van der Waals surface area contributed by atoms with Gasteiger partial charge in [0, 0.05) is 24.3 Å². The number of nitrogens with zero attached hydrogens (tertiary/aromatic N) is 1. The monoisotopic (exact) mass is 293 g/mol. The lowest BCUT2D eigenvalue weighted by Crippen LogP contribution is -2.17. The fourth-order valence-electron chi connectivity index (χ4n) is 1.87. The average molecular weight is 294 g/mol. The summed E-state index contributed by atoms with van der Waals surface area (Å²) in [5.74, 6) is -2.01. The summed E-state index contributed by atoms with van der Waals surface area (Å²) in [6.45, 7) is 0.572. The molecule has 0 aliphatic carbocycles. The normalized spacial score (nSPS) is 10.3. The Morgan fingerprint density at radius 1 is 1.25 bits per heavy atom. The van der Waals surface area contributed by atoms with Crippen LogP contribution in [0.5, 0.6) is 0 Å². The molecule has 0 bridgehead atoms. The maximum Gasteiger partial charge on any atom is 0.338 e. The molecule has 3 nitrogen and oxygen atoms in total. The first-order valence-corrected chi connectivity index (χ1v) is 6.33. The Morgan fingerprint density at radius 2 is 1.90 bits per heavy atom. The molecule has 0 aliphatic heterocycles. The number of aromatic carboxylic acids is 1. The fraction of sp³-hybridized carbons (Fsp3) is 0.133. The number of carboxylic acids is 1. The van der Waals surface area contributed by atoms with E-state index in [-0.39, 0.29) is 5.56 Å². The smallest absolute Gasteiger partial charge is 0.338 e. The molecule has 0 amide bonds. The Labute approximate surface area is 121 Å². The predicted octanol–water partition coefficient (Wildman–Crippen LogP) is 3.81. The van der Waals surface area contributed by atoms with Gasteiger partial charge in [-0.2, -0.15) is 0 Å². The van der Waals surface area contributed by atoms with Crippen LogP contribution >= 0.6 is 11.6 Å². The number of carbonyl (C=O) groups is 1. The zero-order valence-corrected chi connectivity index (χ0v) is 11.6. The van der Waals surface area contributed by atoms with Gasteiger partial charge in [-0.3, -0.25) is 0 Å². The van der Waals surface area contributed by atoms with E-state index in [9.17, 15) is 9.18 Å². The summed E-state index contributed by atoms with van der Waals surface area (Å²) in [4.78, 5) is 12.6. The van der Waals surface area contributed by atoms with Crippen LogP contribution in [0.4, 0.5) is 10.1 Å². The van der Waals surface area contributed by atoms with Crippen LogP contribution in [0.3, 0.4) is 0 Å². The van der Waals surface area contributed by atoms with Gasteiger partial charge in [-0.25, -0.2) is 9.18 Å². The van der Waals surface area contributed by atoms with E-state index in [1.54, 1.807) is 18.2 Å². The third-order valence-corrected chi connectivity index (χ3v) is 3.21. The molecule has 2 rings (SSSR count). The van der Waals surface area contributed by atoms with Crippen LogP contribution in [0.15, 0.2) is 42.5 Å². The number of hydrogen-bond donors (Lipinski definition) is 1. The SMILES string of the molecule is CN(Cc1ccc(Cl)cc1)c1ccc(C(=O)O)c(F)c1. The minimum Gasteiger partial charge on any atom is -0.478 e. The van der Waals surface area contributed by atoms with Crippen molar-refractivity contribution in [1.29, 1.82) is 0 Å². The lowest BCUT2D eigenvalue weighted by Gasteiger charge is -2.19. The Hall–Kier alpha value is -2.07. The molecular weight excluding hydrogens is 281 g/mol. The van der Waals surface area contributed by atoms with Gasteiger partial charge >= 0.3 is 5.97 Å². The molecule has 104 valence electrons. The van der Waals surface area contributed by atoms with Crippen LogP contribution in [0, 0.1) is 5.82 Å². The second-order valence-corrected chi connectivity index (χ2v) is 4.89. The highest BCUT2D eigenvalue weighted by Gasteiger charge is 2.12. The van der Waals surface area contributed by atoms with Crippen molar-refractivity contribution in [2.24, 2.45) is 0 Å². The highest BCUT2D eigenvalue weighted by molar-refractivity contribution is 6.30. The summed E-state index contributed by atoms with van der Waals surface area (Å²) >= 11 is 5.81. The van der Waals surface area contributed by atoms with Gasteiger partial charge in [0.25, 0.3) is 0 Å². The van der Waals surface area contributed by atoms with Crippen molar-refractivity contribution >= 4 is 23.3 Å². The Balaban J connectivity index is 2.17. The molecule has 5 heteroatoms. The third kappa shape index (κ3) is 3.27. The van der Waals surface area contributed by atoms with E-state index >= 15 is 0 Å². The fourth-order valence-corrected chi connectivity index (χ4v) is 2.00. The molecule has 0 saturated carbocycles. The molecule has 0 aliphatic rings. The Morgan fingerprint density at radius 3 is 2.45 bits per heavy atom. The number of benzene rings is 2. The first-order valence-electron chi connectivity index (χ1n) is 5.96. The predicted molar refractivity (Wildman–Crippen MR) is 76.9 cm³/mol. The van der Waals surface area contributed by atoms with Crippen molar-refractivity contribution in [1.82, 2.24) is 0 Å². The zero-order chi connectivity index (χ0) is 14.7. The molecule has 2 aromatic carbocycles. The molecule has 2 aromatic rings. The number of hydrogen-bond acceptors (Lipinski definition) is 2. The lowest BCUT2D eigenvalue weighted by molar-refractivity contribution is 0.0692. The van der Waals surface area contributed by atoms with Crippen LogP contribution in [-0.2, 0) is 6.54 Å². The highest BCUT2D eigenvalue weighted by atomic mass is 35.5. The van der Waals surface area contributed by atoms with Gasteiger partial charge < -0.3 is 10.0 Å². The molecule has 0 heterocycles. The largest absolute Gasteiger partial charge is 0.478 e. The van der Waals surface area contributed by atoms with E-state index in [2.05, 4.69) is 0 Å². The number of rotatable bonds is 4. The van der Waals surface area contributed by atoms with E-state index in [0.29, 0.717) is 17.3 Å². The summed E-state index contributed by atoms with van der Waals surface area (Å²) in [6, 6.07) is 11.4. The van der Waals surface area contributed by atoms with Gasteiger partial charge in [0.15, 0.2) is 0 Å². The highest BCUT2D eigenvalue weighted by Crippen LogP contribution is 2.20. The van der Waals surface area contributed by atoms with Crippen molar-refractivity contribution in [3.63, 3.8) is 0 Å². The minimum absolute atomic E-state index is 0.325. The van der Waals surface area contributed by atoms with Crippen LogP contribution < -0.4 is 4.90 Å². The average Bonchev–Trinajstić information content (AvgIpc) is 2.40. The van der Waals surface area contributed by atoms with Crippen LogP contribution in [0.25, 0.3) is 0 Å². The molecule has 0 atom stereocenters. The summed E-state index contributed by atoms with van der Waals surface area (Å²) in [5, 5.41) is 9.45. The summed E-state index contributed by atoms with van der Waals surface area (Å²) in [5.41, 5.74) is 1.32. The molecule has 0 spiro atoms. The maximum atomic E-state index is 13.6. The van der Waals surface area contributed by atoms with E-state index < -0.39 is 11.8 Å². The van der Waals surface area contributed by atoms with E-state index in [0.717, 1.165) is 5.56 Å². The molecule has 0 saturated heterocycles. The lowest BCUT2D eigenvalue weighted by atomic mass is 10.1. The number of anilines is 1. The quantitative estimate of drug-likeness (QED) is 0.932. The van der Waals surface area contributed by atoms with Crippen molar-refractivity contribution in [2.75, 3.05) is 11.9 Å². The Kier molecular flexibility index (Phi) is 4.25. The van der Waals surface area contributed by atoms with Crippen LogP contribution in [0.2, 0.25) is 5.02 Å². The number of carboxylic acid groups (broad SMARTS) is 1. The minimum atomic E-state index is -1.27. The van der Waals surface area contributed by atoms with Gasteiger partial charge in [-0.1, -0.05) is 23.7 Å². The molecule has 0 radical (unpaired) electrons. The van der Waals surface area contributed by atoms with Gasteiger partial charge in [0.05, 0.1) is 5.56 Å². The van der Waals surface area contributed by atoms with Gasteiger partial charge in [-0.05, 0) is 35.9 Å². The molecular formula is C15H13ClFNO2. The van der Waals surface area contributed by atoms with Crippen LogP contribution in [-0.4, -0.2) is 18.1 Å². The molecule has 0 fully saturated rings. The topological polar surface area (TPSA) is 40.5 Å². The summed E-state index contributed by atoms with van der Waals surface area (Å²) in [7, 11) is 1.81. The summed E-state index contributed by atoms with van der Waals surface area (Å²) < 4.78 is 13.6. The third-order valence-electron chi connectivity index (χ3n) is 2.96. The molecule has 0 unspecified atom stereocenters. The molecule has 1 N–H and O–H groups in total. The summed E-state index contributed by atoms with van der Waals surface area (Å²) in [6.07, 6.45) is 0. The second kappa shape index (κ2) is 5.92. The van der Waals surface area contributed by atoms with Crippen molar-refractivity contribution in [2.45, 2.75) is 6.54 Å². The molecule has 20 heavy (non-hydrogen) atoms. The maximum absolute atomic E-state index is 13.6. The van der Waals surface area contributed by atoms with E-state index in [1.165, 1.54) is 12.1 Å². The van der Waals surface area contributed by atoms with Gasteiger partial charge in [0.1, 0.15) is 5.82 Å². The van der Waals surface area contributed by atoms with Crippen molar-refractivity contribution in [3.8, 4) is 0 Å². The standard InChI is InChI=1S/C15H13ClFNO2/c1-18(9-10-2-4-11(16)5-3-10)12-6-7-13(15(19)20)14(17)8-12/h2-8H,9H2,1H3,(H,19,20).